The summed E-state index contributed by atoms with van der Waals surface area (Å²) in [6, 6.07) is 16.1. The molecule has 0 radical (unpaired) electrons. The molecule has 0 aliphatic carbocycles. The fourth-order valence-electron chi connectivity index (χ4n) is 2.64. The molecule has 144 valence electrons. The zero-order valence-corrected chi connectivity index (χ0v) is 14.9. The molecular weight excluding hydrogens is 363 g/mol. The number of aryl methyl sites for hydroxylation is 2. The zero-order chi connectivity index (χ0) is 19.9. The van der Waals surface area contributed by atoms with Gasteiger partial charge in [0.2, 0.25) is 0 Å². The Kier molecular flexibility index (Phi) is 6.01. The molecule has 0 fully saturated rings. The van der Waals surface area contributed by atoms with Crippen LogP contribution in [0.15, 0.2) is 64.1 Å². The first-order valence-corrected chi connectivity index (χ1v) is 8.60. The monoisotopic (exact) mass is 382 g/mol. The standard InChI is InChI=1S/C20H19FN4O3/c21-17-10-13(7-9-16(17)14-4-2-1-3-5-14)6-8-15-11-18(25-28-15)24-20(22)23-12-19(26)27/h1-5,7,9-11H,6,8,12H2,(H,26,27)(H3,22,23,24,25). The fourth-order valence-corrected chi connectivity index (χ4v) is 2.64. The number of benzene rings is 2. The Labute approximate surface area is 160 Å². The molecule has 7 nitrogen and oxygen atoms in total. The van der Waals surface area contributed by atoms with Gasteiger partial charge in [-0.2, -0.15) is 4.99 Å². The van der Waals surface area contributed by atoms with Crippen LogP contribution in [0.5, 0.6) is 0 Å². The van der Waals surface area contributed by atoms with Crippen molar-refractivity contribution in [3.63, 3.8) is 0 Å². The molecule has 28 heavy (non-hydrogen) atoms. The molecule has 4 N–H and O–H groups in total. The molecule has 0 aliphatic heterocycles. The second-order valence-corrected chi connectivity index (χ2v) is 6.08. The van der Waals surface area contributed by atoms with Crippen LogP contribution in [0.2, 0.25) is 0 Å². The molecule has 0 unspecified atom stereocenters. The van der Waals surface area contributed by atoms with Crippen molar-refractivity contribution in [1.82, 2.24) is 10.5 Å². The molecule has 8 heteroatoms. The Morgan fingerprint density at radius 1 is 1.18 bits per heavy atom. The number of carboxylic acids is 1. The predicted octanol–water partition coefficient (Wildman–Crippen LogP) is 2.89. The quantitative estimate of drug-likeness (QED) is 0.428. The summed E-state index contributed by atoms with van der Waals surface area (Å²) in [7, 11) is 0. The molecule has 0 atom stereocenters. The van der Waals surface area contributed by atoms with Gasteiger partial charge in [0.1, 0.15) is 18.1 Å². The Morgan fingerprint density at radius 3 is 2.68 bits per heavy atom. The lowest BCUT2D eigenvalue weighted by molar-refractivity contribution is -0.135. The summed E-state index contributed by atoms with van der Waals surface area (Å²) in [4.78, 5) is 14.4. The van der Waals surface area contributed by atoms with E-state index in [1.807, 2.05) is 36.4 Å². The number of nitrogens with two attached hydrogens (primary N) is 1. The average molecular weight is 382 g/mol. The Balaban J connectivity index is 1.60. The highest BCUT2D eigenvalue weighted by Crippen LogP contribution is 2.24. The number of hydrogen-bond donors (Lipinski definition) is 3. The summed E-state index contributed by atoms with van der Waals surface area (Å²) in [5.74, 6) is -0.595. The lowest BCUT2D eigenvalue weighted by Gasteiger charge is -2.06. The third-order valence-electron chi connectivity index (χ3n) is 3.98. The van der Waals surface area contributed by atoms with E-state index in [-0.39, 0.29) is 24.1 Å². The van der Waals surface area contributed by atoms with Gasteiger partial charge in [-0.25, -0.2) is 4.39 Å². The fraction of sp³-hybridized carbons (Fsp3) is 0.150. The number of carboxylic acid groups (broad SMARTS) is 1. The van der Waals surface area contributed by atoms with Crippen LogP contribution in [0.3, 0.4) is 0 Å². The van der Waals surface area contributed by atoms with E-state index < -0.39 is 5.97 Å². The van der Waals surface area contributed by atoms with Gasteiger partial charge in [0.05, 0.1) is 0 Å². The number of nitrogens with one attached hydrogen (secondary N) is 1. The second kappa shape index (κ2) is 8.81. The van der Waals surface area contributed by atoms with Crippen LogP contribution in [0.25, 0.3) is 11.1 Å². The summed E-state index contributed by atoms with van der Waals surface area (Å²) in [5, 5.41) is 14.8. The number of carbonyl (C=O) groups is 1. The van der Waals surface area contributed by atoms with Crippen molar-refractivity contribution in [2.75, 3.05) is 6.54 Å². The van der Waals surface area contributed by atoms with Crippen LogP contribution >= 0.6 is 0 Å². The topological polar surface area (TPSA) is 114 Å². The summed E-state index contributed by atoms with van der Waals surface area (Å²) in [6.45, 7) is -0.343. The Hall–Kier alpha value is -3.68. The second-order valence-electron chi connectivity index (χ2n) is 6.08. The molecule has 1 heterocycles. The zero-order valence-electron chi connectivity index (χ0n) is 14.9. The van der Waals surface area contributed by atoms with Crippen molar-refractivity contribution >= 4 is 17.7 Å². The average Bonchev–Trinajstić information content (AvgIpc) is 3.13. The van der Waals surface area contributed by atoms with E-state index in [9.17, 15) is 9.18 Å². The minimum Gasteiger partial charge on any atom is -0.480 e. The van der Waals surface area contributed by atoms with Crippen LogP contribution in [0, 0.1) is 5.82 Å². The van der Waals surface area contributed by atoms with Gasteiger partial charge in [0, 0.05) is 18.1 Å². The third-order valence-corrected chi connectivity index (χ3v) is 3.98. The number of rotatable bonds is 7. The van der Waals surface area contributed by atoms with Crippen molar-refractivity contribution in [1.29, 1.82) is 0 Å². The van der Waals surface area contributed by atoms with E-state index in [1.54, 1.807) is 12.1 Å². The van der Waals surface area contributed by atoms with E-state index in [2.05, 4.69) is 15.5 Å². The largest absolute Gasteiger partial charge is 0.480 e. The molecule has 0 spiro atoms. The van der Waals surface area contributed by atoms with Crippen LogP contribution < -0.4 is 11.1 Å². The molecule has 3 aromatic rings. The number of nitrogens with zero attached hydrogens (tertiary/aromatic N) is 2. The number of aromatic nitrogens is 1. The minimum atomic E-state index is -1.05. The van der Waals surface area contributed by atoms with E-state index in [4.69, 9.17) is 15.4 Å². The molecule has 0 bridgehead atoms. The number of guanidine groups is 1. The third kappa shape index (κ3) is 5.16. The molecule has 1 aromatic heterocycles. The highest BCUT2D eigenvalue weighted by molar-refractivity contribution is 5.84. The summed E-state index contributed by atoms with van der Waals surface area (Å²) < 4.78 is 19.6. The first-order valence-electron chi connectivity index (χ1n) is 8.60. The van der Waals surface area contributed by atoms with Crippen molar-refractivity contribution in [3.8, 4) is 11.1 Å². The van der Waals surface area contributed by atoms with E-state index in [0.717, 1.165) is 11.1 Å². The van der Waals surface area contributed by atoms with Crippen molar-refractivity contribution in [3.05, 3.63) is 71.7 Å². The van der Waals surface area contributed by atoms with Gasteiger partial charge in [-0.1, -0.05) is 47.6 Å². The van der Waals surface area contributed by atoms with E-state index in [1.165, 1.54) is 6.07 Å². The molecule has 0 saturated carbocycles. The van der Waals surface area contributed by atoms with Gasteiger partial charge in [-0.15, -0.1) is 0 Å². The Bertz CT molecular complexity index is 986. The molecule has 2 aromatic carbocycles. The van der Waals surface area contributed by atoms with Crippen LogP contribution in [0.1, 0.15) is 11.3 Å². The van der Waals surface area contributed by atoms with Gasteiger partial charge in [0.25, 0.3) is 0 Å². The maximum absolute atomic E-state index is 14.4. The summed E-state index contributed by atoms with van der Waals surface area (Å²) >= 11 is 0. The van der Waals surface area contributed by atoms with Crippen LogP contribution in [-0.2, 0) is 17.6 Å². The lowest BCUT2D eigenvalue weighted by atomic mass is 10.0. The smallest absolute Gasteiger partial charge is 0.322 e. The van der Waals surface area contributed by atoms with Gasteiger partial charge in [0.15, 0.2) is 11.8 Å². The molecule has 3 rings (SSSR count). The number of aliphatic imine (C=N–C) groups is 1. The summed E-state index contributed by atoms with van der Waals surface area (Å²) in [5.41, 5.74) is 7.79. The highest BCUT2D eigenvalue weighted by Gasteiger charge is 2.08. The maximum Gasteiger partial charge on any atom is 0.322 e. The first-order chi connectivity index (χ1) is 13.5. The summed E-state index contributed by atoms with van der Waals surface area (Å²) in [6.07, 6.45) is 1.08. The number of aliphatic carboxylic acids is 1. The first kappa shape index (κ1) is 19.1. The van der Waals surface area contributed by atoms with Crippen molar-refractivity contribution in [2.45, 2.75) is 12.8 Å². The van der Waals surface area contributed by atoms with E-state index >= 15 is 0 Å². The SMILES string of the molecule is NC(=Nc1cc(CCc2ccc(-c3ccccc3)c(F)c2)on1)NCC(=O)O. The normalized spacial score (nSPS) is 11.4. The van der Waals surface area contributed by atoms with Crippen LogP contribution in [0.4, 0.5) is 10.2 Å². The van der Waals surface area contributed by atoms with Crippen molar-refractivity contribution < 1.29 is 18.8 Å². The van der Waals surface area contributed by atoms with Crippen LogP contribution in [-0.4, -0.2) is 28.7 Å². The van der Waals surface area contributed by atoms with Crippen molar-refractivity contribution in [2.24, 2.45) is 10.7 Å². The predicted molar refractivity (Wildman–Crippen MR) is 103 cm³/mol. The van der Waals surface area contributed by atoms with Gasteiger partial charge >= 0.3 is 5.97 Å². The van der Waals surface area contributed by atoms with Gasteiger partial charge in [-0.3, -0.25) is 4.79 Å². The molecule has 0 aliphatic rings. The number of halogens is 1. The Morgan fingerprint density at radius 2 is 1.96 bits per heavy atom. The molecule has 0 amide bonds. The minimum absolute atomic E-state index is 0.0687. The van der Waals surface area contributed by atoms with Gasteiger partial charge < -0.3 is 20.7 Å². The maximum atomic E-state index is 14.4. The van der Waals surface area contributed by atoms with Gasteiger partial charge in [-0.05, 0) is 23.6 Å². The lowest BCUT2D eigenvalue weighted by Crippen LogP contribution is -2.35. The molecule has 0 saturated heterocycles. The van der Waals surface area contributed by atoms with E-state index in [0.29, 0.717) is 24.2 Å². The highest BCUT2D eigenvalue weighted by atomic mass is 19.1. The number of hydrogen-bond acceptors (Lipinski definition) is 4. The molecular formula is C20H19FN4O3.